The van der Waals surface area contributed by atoms with Gasteiger partial charge >= 0.3 is 0 Å². The molecule has 2 aromatic heterocycles. The molecule has 0 spiro atoms. The first-order valence-electron chi connectivity index (χ1n) is 12.4. The maximum Gasteiger partial charge on any atom is 0.0513 e. The maximum atomic E-state index is 2.55. The molecule has 0 bridgehead atoms. The molecule has 0 aliphatic carbocycles. The summed E-state index contributed by atoms with van der Waals surface area (Å²) in [6.07, 6.45) is 0. The summed E-state index contributed by atoms with van der Waals surface area (Å²) in [4.78, 5) is 0. The average Bonchev–Trinajstić information content (AvgIpc) is 3.31. The number of hydrogen-bond acceptors (Lipinski definition) is 0. The minimum atomic E-state index is -0.00847. The molecule has 0 N–H and O–H groups in total. The standard InChI is InChI=1S/C30H44N2/c1-19(2)23-15-16-24(20(3)4)31(23)27-13-12-14-28(29(27)30(9,10)11)32-25(21(5)6)17-18-26(32)22(7)8/h12-22H,1-11H3. The third kappa shape index (κ3) is 4.34. The number of aromatic nitrogens is 2. The van der Waals surface area contributed by atoms with Gasteiger partial charge in [0.25, 0.3) is 0 Å². The quantitative estimate of drug-likeness (QED) is 0.367. The van der Waals surface area contributed by atoms with E-state index in [1.54, 1.807) is 0 Å². The van der Waals surface area contributed by atoms with Gasteiger partial charge in [-0.05, 0) is 65.5 Å². The van der Waals surface area contributed by atoms with E-state index in [4.69, 9.17) is 0 Å². The molecule has 0 atom stereocenters. The molecular formula is C30H44N2. The van der Waals surface area contributed by atoms with Crippen LogP contribution in [0.2, 0.25) is 0 Å². The van der Waals surface area contributed by atoms with Crippen molar-refractivity contribution in [3.05, 3.63) is 70.8 Å². The van der Waals surface area contributed by atoms with Crippen molar-refractivity contribution in [2.75, 3.05) is 0 Å². The Balaban J connectivity index is 2.46. The van der Waals surface area contributed by atoms with Crippen LogP contribution in [-0.2, 0) is 5.41 Å². The van der Waals surface area contributed by atoms with Gasteiger partial charge in [-0.1, -0.05) is 82.2 Å². The molecule has 3 rings (SSSR count). The van der Waals surface area contributed by atoms with E-state index in [1.807, 2.05) is 0 Å². The van der Waals surface area contributed by atoms with Gasteiger partial charge in [0.05, 0.1) is 11.4 Å². The summed E-state index contributed by atoms with van der Waals surface area (Å²) in [5.41, 5.74) is 9.60. The summed E-state index contributed by atoms with van der Waals surface area (Å²) in [5, 5.41) is 0. The lowest BCUT2D eigenvalue weighted by Crippen LogP contribution is -2.22. The fourth-order valence-electron chi connectivity index (χ4n) is 4.97. The fourth-order valence-corrected chi connectivity index (χ4v) is 4.97. The molecule has 3 aromatic rings. The van der Waals surface area contributed by atoms with Crippen LogP contribution in [0, 0.1) is 0 Å². The summed E-state index contributed by atoms with van der Waals surface area (Å²) in [5.74, 6) is 1.84. The van der Waals surface area contributed by atoms with Crippen LogP contribution in [-0.4, -0.2) is 9.13 Å². The Kier molecular flexibility index (Phi) is 6.84. The van der Waals surface area contributed by atoms with Crippen LogP contribution in [0.3, 0.4) is 0 Å². The summed E-state index contributed by atoms with van der Waals surface area (Å²) < 4.78 is 5.10. The van der Waals surface area contributed by atoms with Gasteiger partial charge in [-0.2, -0.15) is 0 Å². The summed E-state index contributed by atoms with van der Waals surface area (Å²) in [6, 6.07) is 16.2. The zero-order chi connectivity index (χ0) is 24.0. The highest BCUT2D eigenvalue weighted by Crippen LogP contribution is 2.40. The molecule has 2 heteroatoms. The van der Waals surface area contributed by atoms with Gasteiger partial charge < -0.3 is 9.13 Å². The second kappa shape index (κ2) is 8.96. The van der Waals surface area contributed by atoms with Crippen molar-refractivity contribution < 1.29 is 0 Å². The van der Waals surface area contributed by atoms with Gasteiger partial charge in [0.15, 0.2) is 0 Å². The van der Waals surface area contributed by atoms with Crippen molar-refractivity contribution in [2.45, 2.75) is 105 Å². The van der Waals surface area contributed by atoms with E-state index in [-0.39, 0.29) is 5.41 Å². The zero-order valence-electron chi connectivity index (χ0n) is 22.2. The van der Waals surface area contributed by atoms with Crippen LogP contribution in [0.5, 0.6) is 0 Å². The van der Waals surface area contributed by atoms with Crippen LogP contribution >= 0.6 is 0 Å². The SMILES string of the molecule is CC(C)c1ccc(C(C)C)n1-c1cccc(-n2c(C(C)C)ccc2C(C)C)c1C(C)(C)C. The number of nitrogens with zero attached hydrogens (tertiary/aromatic N) is 2. The molecule has 0 aliphatic heterocycles. The van der Waals surface area contributed by atoms with Crippen molar-refractivity contribution in [2.24, 2.45) is 0 Å². The molecule has 0 amide bonds. The first-order valence-corrected chi connectivity index (χ1v) is 12.4. The van der Waals surface area contributed by atoms with Crippen LogP contribution in [0.4, 0.5) is 0 Å². The molecule has 1 aromatic carbocycles. The Bertz CT molecular complexity index is 937. The van der Waals surface area contributed by atoms with E-state index < -0.39 is 0 Å². The smallest absolute Gasteiger partial charge is 0.0513 e. The van der Waals surface area contributed by atoms with Crippen molar-refractivity contribution in [3.8, 4) is 11.4 Å². The molecule has 174 valence electrons. The Hall–Kier alpha value is -2.22. The highest BCUT2D eigenvalue weighted by molar-refractivity contribution is 5.60. The van der Waals surface area contributed by atoms with E-state index >= 15 is 0 Å². The predicted molar refractivity (Wildman–Crippen MR) is 140 cm³/mol. The highest BCUT2D eigenvalue weighted by atomic mass is 15.0. The third-order valence-electron chi connectivity index (χ3n) is 6.50. The predicted octanol–water partition coefficient (Wildman–Crippen LogP) is 9.06. The fraction of sp³-hybridized carbons (Fsp3) is 0.533. The van der Waals surface area contributed by atoms with Crippen molar-refractivity contribution >= 4 is 0 Å². The topological polar surface area (TPSA) is 9.86 Å². The van der Waals surface area contributed by atoms with E-state index in [1.165, 1.54) is 39.7 Å². The molecule has 0 aliphatic rings. The van der Waals surface area contributed by atoms with Crippen LogP contribution in [0.15, 0.2) is 42.5 Å². The lowest BCUT2D eigenvalue weighted by molar-refractivity contribution is 0.574. The zero-order valence-corrected chi connectivity index (χ0v) is 22.2. The Morgan fingerprint density at radius 1 is 0.500 bits per heavy atom. The van der Waals surface area contributed by atoms with Crippen LogP contribution in [0.25, 0.3) is 11.4 Å². The van der Waals surface area contributed by atoms with Gasteiger partial charge in [-0.15, -0.1) is 0 Å². The van der Waals surface area contributed by atoms with E-state index in [0.717, 1.165) is 0 Å². The monoisotopic (exact) mass is 432 g/mol. The van der Waals surface area contributed by atoms with Gasteiger partial charge in [-0.25, -0.2) is 0 Å². The Morgan fingerprint density at radius 2 is 0.781 bits per heavy atom. The molecule has 2 heterocycles. The first kappa shape index (κ1) is 24.4. The van der Waals surface area contributed by atoms with E-state index in [0.29, 0.717) is 23.7 Å². The van der Waals surface area contributed by atoms with Crippen molar-refractivity contribution in [1.82, 2.24) is 9.13 Å². The lowest BCUT2D eigenvalue weighted by atomic mass is 9.83. The molecule has 0 unspecified atom stereocenters. The minimum absolute atomic E-state index is 0.00847. The molecule has 0 saturated carbocycles. The van der Waals surface area contributed by atoms with Crippen LogP contribution < -0.4 is 0 Å². The van der Waals surface area contributed by atoms with E-state index in [9.17, 15) is 0 Å². The summed E-state index contributed by atoms with van der Waals surface area (Å²) in [7, 11) is 0. The number of rotatable bonds is 6. The van der Waals surface area contributed by atoms with Crippen molar-refractivity contribution in [1.29, 1.82) is 0 Å². The second-order valence-electron chi connectivity index (χ2n) is 11.6. The molecule has 0 saturated heterocycles. The largest absolute Gasteiger partial charge is 0.317 e. The average molecular weight is 433 g/mol. The molecule has 32 heavy (non-hydrogen) atoms. The number of benzene rings is 1. The molecule has 2 nitrogen and oxygen atoms in total. The van der Waals surface area contributed by atoms with Gasteiger partial charge in [0.1, 0.15) is 0 Å². The highest BCUT2D eigenvalue weighted by Gasteiger charge is 2.28. The van der Waals surface area contributed by atoms with Gasteiger partial charge in [0, 0.05) is 28.3 Å². The maximum absolute atomic E-state index is 2.55. The Morgan fingerprint density at radius 3 is 1.00 bits per heavy atom. The third-order valence-corrected chi connectivity index (χ3v) is 6.50. The van der Waals surface area contributed by atoms with Gasteiger partial charge in [-0.3, -0.25) is 0 Å². The van der Waals surface area contributed by atoms with E-state index in [2.05, 4.69) is 128 Å². The normalized spacial score (nSPS) is 12.7. The summed E-state index contributed by atoms with van der Waals surface area (Å²) in [6.45, 7) is 25.5. The minimum Gasteiger partial charge on any atom is -0.317 e. The molecular weight excluding hydrogens is 388 g/mol. The van der Waals surface area contributed by atoms with Crippen molar-refractivity contribution in [3.63, 3.8) is 0 Å². The number of hydrogen-bond donors (Lipinski definition) is 0. The molecule has 0 fully saturated rings. The first-order chi connectivity index (χ1) is 14.9. The lowest BCUT2D eigenvalue weighted by Gasteiger charge is -2.31. The van der Waals surface area contributed by atoms with Gasteiger partial charge in [0.2, 0.25) is 0 Å². The second-order valence-corrected chi connectivity index (χ2v) is 11.6. The van der Waals surface area contributed by atoms with Crippen LogP contribution in [0.1, 0.15) is 128 Å². The summed E-state index contributed by atoms with van der Waals surface area (Å²) >= 11 is 0. The molecule has 0 radical (unpaired) electrons. The Labute approximate surface area is 196 Å².